The Labute approximate surface area is 209 Å². The molecule has 0 radical (unpaired) electrons. The summed E-state index contributed by atoms with van der Waals surface area (Å²) in [5.41, 5.74) is 8.83. The van der Waals surface area contributed by atoms with E-state index in [9.17, 15) is 0 Å². The molecular formula is C28H30N8. The highest BCUT2D eigenvalue weighted by Gasteiger charge is 2.19. The van der Waals surface area contributed by atoms with Gasteiger partial charge in [-0.2, -0.15) is 5.10 Å². The van der Waals surface area contributed by atoms with E-state index in [0.717, 1.165) is 64.5 Å². The topological polar surface area (TPSA) is 89.6 Å². The van der Waals surface area contributed by atoms with E-state index in [0.29, 0.717) is 0 Å². The predicted octanol–water partition coefficient (Wildman–Crippen LogP) is 5.15. The number of para-hydroxylation sites is 1. The largest absolute Gasteiger partial charge is 0.370 e. The lowest BCUT2D eigenvalue weighted by atomic mass is 10.1. The first-order valence-electron chi connectivity index (χ1n) is 13.1. The molecule has 0 bridgehead atoms. The van der Waals surface area contributed by atoms with Crippen molar-refractivity contribution >= 4 is 27.8 Å². The van der Waals surface area contributed by atoms with Crippen molar-refractivity contribution in [2.45, 2.75) is 38.6 Å². The van der Waals surface area contributed by atoms with Crippen molar-refractivity contribution in [2.24, 2.45) is 0 Å². The van der Waals surface area contributed by atoms with Gasteiger partial charge >= 0.3 is 0 Å². The van der Waals surface area contributed by atoms with Gasteiger partial charge in [-0.25, -0.2) is 9.97 Å². The summed E-state index contributed by atoms with van der Waals surface area (Å²) in [4.78, 5) is 23.0. The average Bonchev–Trinajstić information content (AvgIpc) is 3.68. The van der Waals surface area contributed by atoms with Gasteiger partial charge in [-0.05, 0) is 81.1 Å². The number of anilines is 1. The fourth-order valence-corrected chi connectivity index (χ4v) is 5.66. The van der Waals surface area contributed by atoms with Crippen LogP contribution in [-0.2, 0) is 6.54 Å². The van der Waals surface area contributed by atoms with Crippen molar-refractivity contribution < 1.29 is 0 Å². The molecule has 8 heteroatoms. The van der Waals surface area contributed by atoms with E-state index in [4.69, 9.17) is 9.97 Å². The summed E-state index contributed by atoms with van der Waals surface area (Å²) < 4.78 is 0. The van der Waals surface area contributed by atoms with Crippen molar-refractivity contribution in [3.63, 3.8) is 0 Å². The minimum Gasteiger partial charge on any atom is -0.370 e. The maximum Gasteiger partial charge on any atom is 0.161 e. The monoisotopic (exact) mass is 478 g/mol. The van der Waals surface area contributed by atoms with Gasteiger partial charge in [-0.1, -0.05) is 6.07 Å². The summed E-state index contributed by atoms with van der Waals surface area (Å²) in [6, 6.07) is 12.7. The van der Waals surface area contributed by atoms with Gasteiger partial charge < -0.3 is 9.88 Å². The second-order valence-corrected chi connectivity index (χ2v) is 10.0. The Hall–Kier alpha value is -3.78. The predicted molar refractivity (Wildman–Crippen MR) is 143 cm³/mol. The van der Waals surface area contributed by atoms with E-state index in [1.165, 1.54) is 56.4 Å². The Morgan fingerprint density at radius 3 is 2.56 bits per heavy atom. The number of aromatic amines is 2. The van der Waals surface area contributed by atoms with Crippen LogP contribution in [0, 0.1) is 0 Å². The molecule has 182 valence electrons. The molecule has 7 rings (SSSR count). The quantitative estimate of drug-likeness (QED) is 0.363. The Balaban J connectivity index is 1.25. The molecule has 0 atom stereocenters. The Bertz CT molecular complexity index is 1520. The standard InChI is InChI=1S/C28H30N8/c1-2-13-36(14-3-1)24-8-6-7-22-25(24)32-28(31-22)27-26-23(33-34-27)10-9-21(30-26)20-15-19(16-29-17-20)18-35-11-4-5-12-35/h6-10,15-17H,1-5,11-14,18H2,(H,31,32)(H,33,34). The molecular weight excluding hydrogens is 448 g/mol. The third-order valence-electron chi connectivity index (χ3n) is 7.52. The van der Waals surface area contributed by atoms with E-state index in [1.807, 2.05) is 24.5 Å². The first-order valence-corrected chi connectivity index (χ1v) is 13.1. The Kier molecular flexibility index (Phi) is 5.39. The maximum absolute atomic E-state index is 5.02. The van der Waals surface area contributed by atoms with Gasteiger partial charge in [-0.15, -0.1) is 0 Å². The highest BCUT2D eigenvalue weighted by Crippen LogP contribution is 2.32. The van der Waals surface area contributed by atoms with Crippen molar-refractivity contribution in [3.05, 3.63) is 54.4 Å². The number of fused-ring (bicyclic) bond motifs is 2. The van der Waals surface area contributed by atoms with Gasteiger partial charge in [-0.3, -0.25) is 15.0 Å². The molecule has 36 heavy (non-hydrogen) atoms. The van der Waals surface area contributed by atoms with Crippen LogP contribution in [0.15, 0.2) is 48.8 Å². The summed E-state index contributed by atoms with van der Waals surface area (Å²) >= 11 is 0. The van der Waals surface area contributed by atoms with Crippen molar-refractivity contribution in [2.75, 3.05) is 31.1 Å². The van der Waals surface area contributed by atoms with E-state index in [-0.39, 0.29) is 0 Å². The first-order chi connectivity index (χ1) is 17.8. The van der Waals surface area contributed by atoms with Crippen molar-refractivity contribution in [1.82, 2.24) is 35.0 Å². The molecule has 2 fully saturated rings. The molecule has 0 amide bonds. The number of nitrogens with one attached hydrogen (secondary N) is 2. The van der Waals surface area contributed by atoms with Crippen LogP contribution in [0.2, 0.25) is 0 Å². The zero-order valence-electron chi connectivity index (χ0n) is 20.4. The lowest BCUT2D eigenvalue weighted by Crippen LogP contribution is -2.29. The molecule has 0 spiro atoms. The van der Waals surface area contributed by atoms with Gasteiger partial charge in [0.05, 0.1) is 22.4 Å². The molecule has 4 aromatic heterocycles. The normalized spacial score (nSPS) is 16.9. The molecule has 2 aliphatic rings. The summed E-state index contributed by atoms with van der Waals surface area (Å²) in [5, 5.41) is 7.75. The first kappa shape index (κ1) is 21.5. The van der Waals surface area contributed by atoms with Crippen molar-refractivity contribution in [3.8, 4) is 22.8 Å². The van der Waals surface area contributed by atoms with E-state index in [1.54, 1.807) is 0 Å². The second-order valence-electron chi connectivity index (χ2n) is 10.0. The van der Waals surface area contributed by atoms with Crippen LogP contribution >= 0.6 is 0 Å². The number of likely N-dealkylation sites (tertiary alicyclic amines) is 1. The Morgan fingerprint density at radius 2 is 1.67 bits per heavy atom. The number of rotatable bonds is 5. The molecule has 2 N–H and O–H groups in total. The number of hydrogen-bond donors (Lipinski definition) is 2. The number of piperidine rings is 1. The van der Waals surface area contributed by atoms with Crippen molar-refractivity contribution in [1.29, 1.82) is 0 Å². The molecule has 6 heterocycles. The second kappa shape index (κ2) is 9.02. The van der Waals surface area contributed by atoms with Crippen LogP contribution < -0.4 is 4.90 Å². The third-order valence-corrected chi connectivity index (χ3v) is 7.52. The highest BCUT2D eigenvalue weighted by atomic mass is 15.2. The average molecular weight is 479 g/mol. The number of benzene rings is 1. The van der Waals surface area contributed by atoms with Crippen LogP contribution in [0.25, 0.3) is 44.8 Å². The summed E-state index contributed by atoms with van der Waals surface area (Å²) in [6.45, 7) is 5.46. The molecule has 2 aliphatic heterocycles. The maximum atomic E-state index is 5.02. The van der Waals surface area contributed by atoms with Crippen LogP contribution in [-0.4, -0.2) is 61.2 Å². The van der Waals surface area contributed by atoms with Gasteiger partial charge in [0.15, 0.2) is 11.5 Å². The van der Waals surface area contributed by atoms with E-state index in [2.05, 4.69) is 54.2 Å². The number of imidazole rings is 1. The smallest absolute Gasteiger partial charge is 0.161 e. The molecule has 0 unspecified atom stereocenters. The van der Waals surface area contributed by atoms with Gasteiger partial charge in [0, 0.05) is 37.6 Å². The van der Waals surface area contributed by atoms with Gasteiger partial charge in [0.1, 0.15) is 11.0 Å². The third kappa shape index (κ3) is 3.91. The fraction of sp³-hybridized carbons (Fsp3) is 0.357. The minimum absolute atomic E-state index is 0.742. The van der Waals surface area contributed by atoms with Crippen LogP contribution in [0.3, 0.4) is 0 Å². The number of H-pyrrole nitrogens is 2. The van der Waals surface area contributed by atoms with E-state index >= 15 is 0 Å². The summed E-state index contributed by atoms with van der Waals surface area (Å²) in [5.74, 6) is 0.742. The molecule has 2 saturated heterocycles. The number of hydrogen-bond acceptors (Lipinski definition) is 6. The lowest BCUT2D eigenvalue weighted by molar-refractivity contribution is 0.331. The van der Waals surface area contributed by atoms with Crippen LogP contribution in [0.4, 0.5) is 5.69 Å². The fourth-order valence-electron chi connectivity index (χ4n) is 5.66. The van der Waals surface area contributed by atoms with Gasteiger partial charge in [0.25, 0.3) is 0 Å². The molecule has 5 aromatic rings. The number of aromatic nitrogens is 6. The number of pyridine rings is 2. The van der Waals surface area contributed by atoms with E-state index < -0.39 is 0 Å². The summed E-state index contributed by atoms with van der Waals surface area (Å²) in [6.07, 6.45) is 10.2. The zero-order valence-corrected chi connectivity index (χ0v) is 20.4. The molecule has 0 aliphatic carbocycles. The zero-order chi connectivity index (χ0) is 23.9. The highest BCUT2D eigenvalue weighted by molar-refractivity contribution is 5.95. The van der Waals surface area contributed by atoms with Crippen LogP contribution in [0.5, 0.6) is 0 Å². The van der Waals surface area contributed by atoms with Crippen LogP contribution in [0.1, 0.15) is 37.7 Å². The molecule has 1 aromatic carbocycles. The Morgan fingerprint density at radius 1 is 0.806 bits per heavy atom. The minimum atomic E-state index is 0.742. The summed E-state index contributed by atoms with van der Waals surface area (Å²) in [7, 11) is 0. The molecule has 8 nitrogen and oxygen atoms in total. The SMILES string of the molecule is c1cc(N2CCCCC2)c2nc(-c3n[nH]c4ccc(-c5cncc(CN6CCCC6)c5)nc34)[nH]c2c1. The van der Waals surface area contributed by atoms with Gasteiger partial charge in [0.2, 0.25) is 0 Å². The molecule has 0 saturated carbocycles. The lowest BCUT2D eigenvalue weighted by Gasteiger charge is -2.28. The number of nitrogens with zero attached hydrogens (tertiary/aromatic N) is 6.